The molecule has 1 aliphatic rings. The van der Waals surface area contributed by atoms with Crippen LogP contribution in [0.5, 0.6) is 0 Å². The van der Waals surface area contributed by atoms with Gasteiger partial charge in [-0.1, -0.05) is 12.1 Å². The number of likely N-dealkylation sites (tertiary alicyclic amines) is 1. The first-order valence-electron chi connectivity index (χ1n) is 6.88. The van der Waals surface area contributed by atoms with Crippen LogP contribution in [0.3, 0.4) is 0 Å². The van der Waals surface area contributed by atoms with Gasteiger partial charge in [-0.15, -0.1) is 0 Å². The third-order valence-corrected chi connectivity index (χ3v) is 3.79. The molecule has 0 radical (unpaired) electrons. The second kappa shape index (κ2) is 6.06. The molecule has 1 aliphatic heterocycles. The largest absolute Gasteiger partial charge is 0.399 e. The van der Waals surface area contributed by atoms with E-state index in [4.69, 9.17) is 5.73 Å². The van der Waals surface area contributed by atoms with Gasteiger partial charge in [-0.2, -0.15) is 0 Å². The standard InChI is InChI=1S/C15H23N3O/c1-12-13(6-5-7-14(12)16)10-17(2)11-15(19)18-8-3-4-9-18/h5-7H,3-4,8-11,16H2,1-2H3. The third kappa shape index (κ3) is 3.47. The number of likely N-dealkylation sites (N-methyl/N-ethyl adjacent to an activating group) is 1. The Morgan fingerprint density at radius 1 is 1.37 bits per heavy atom. The van der Waals surface area contributed by atoms with Gasteiger partial charge in [0.15, 0.2) is 0 Å². The molecule has 2 rings (SSSR count). The molecule has 0 atom stereocenters. The topological polar surface area (TPSA) is 49.6 Å². The fraction of sp³-hybridized carbons (Fsp3) is 0.533. The smallest absolute Gasteiger partial charge is 0.236 e. The number of nitrogens with zero attached hydrogens (tertiary/aromatic N) is 2. The average Bonchev–Trinajstić information content (AvgIpc) is 2.88. The second-order valence-electron chi connectivity index (χ2n) is 5.39. The molecule has 1 fully saturated rings. The summed E-state index contributed by atoms with van der Waals surface area (Å²) in [7, 11) is 1.98. The fourth-order valence-corrected chi connectivity index (χ4v) is 2.52. The molecular weight excluding hydrogens is 238 g/mol. The molecule has 4 nitrogen and oxygen atoms in total. The molecule has 1 amide bonds. The summed E-state index contributed by atoms with van der Waals surface area (Å²) in [5, 5.41) is 0. The lowest BCUT2D eigenvalue weighted by molar-refractivity contribution is -0.131. The van der Waals surface area contributed by atoms with E-state index >= 15 is 0 Å². The van der Waals surface area contributed by atoms with Crippen LogP contribution < -0.4 is 5.73 Å². The lowest BCUT2D eigenvalue weighted by Gasteiger charge is -2.22. The van der Waals surface area contributed by atoms with E-state index in [9.17, 15) is 4.79 Å². The van der Waals surface area contributed by atoms with E-state index in [1.165, 1.54) is 5.56 Å². The molecule has 0 aliphatic carbocycles. The Kier molecular flexibility index (Phi) is 4.43. The Labute approximate surface area is 115 Å². The Hall–Kier alpha value is -1.55. The van der Waals surface area contributed by atoms with Gasteiger partial charge in [0, 0.05) is 25.3 Å². The zero-order valence-corrected chi connectivity index (χ0v) is 11.9. The van der Waals surface area contributed by atoms with Crippen LogP contribution in [0.2, 0.25) is 0 Å². The molecule has 19 heavy (non-hydrogen) atoms. The number of benzene rings is 1. The highest BCUT2D eigenvalue weighted by Gasteiger charge is 2.19. The van der Waals surface area contributed by atoms with Crippen LogP contribution in [0, 0.1) is 6.92 Å². The minimum absolute atomic E-state index is 0.238. The van der Waals surface area contributed by atoms with Crippen LogP contribution >= 0.6 is 0 Å². The quantitative estimate of drug-likeness (QED) is 0.838. The summed E-state index contributed by atoms with van der Waals surface area (Å²) in [5.74, 6) is 0.238. The molecule has 0 unspecified atom stereocenters. The lowest BCUT2D eigenvalue weighted by Crippen LogP contribution is -2.37. The predicted molar refractivity (Wildman–Crippen MR) is 77.7 cm³/mol. The van der Waals surface area contributed by atoms with Crippen molar-refractivity contribution in [2.75, 3.05) is 32.4 Å². The molecule has 4 heteroatoms. The summed E-state index contributed by atoms with van der Waals surface area (Å²) in [5.41, 5.74) is 9.03. The Bertz CT molecular complexity index is 453. The number of anilines is 1. The summed E-state index contributed by atoms with van der Waals surface area (Å²) >= 11 is 0. The monoisotopic (exact) mass is 261 g/mol. The van der Waals surface area contributed by atoms with E-state index in [0.29, 0.717) is 6.54 Å². The van der Waals surface area contributed by atoms with E-state index in [2.05, 4.69) is 11.0 Å². The Morgan fingerprint density at radius 3 is 2.74 bits per heavy atom. The van der Waals surface area contributed by atoms with Gasteiger partial charge >= 0.3 is 0 Å². The minimum Gasteiger partial charge on any atom is -0.399 e. The molecule has 104 valence electrons. The van der Waals surface area contributed by atoms with Gasteiger partial charge in [0.1, 0.15) is 0 Å². The van der Waals surface area contributed by atoms with E-state index in [-0.39, 0.29) is 5.91 Å². The highest BCUT2D eigenvalue weighted by Crippen LogP contribution is 2.17. The van der Waals surface area contributed by atoms with Crippen molar-refractivity contribution in [2.45, 2.75) is 26.3 Å². The van der Waals surface area contributed by atoms with Crippen LogP contribution in [-0.2, 0) is 11.3 Å². The zero-order valence-electron chi connectivity index (χ0n) is 11.9. The highest BCUT2D eigenvalue weighted by molar-refractivity contribution is 5.78. The summed E-state index contributed by atoms with van der Waals surface area (Å²) in [4.78, 5) is 16.1. The maximum absolute atomic E-state index is 12.1. The van der Waals surface area contributed by atoms with Gasteiger partial charge < -0.3 is 10.6 Å². The number of hydrogen-bond donors (Lipinski definition) is 1. The first-order chi connectivity index (χ1) is 9.08. The third-order valence-electron chi connectivity index (χ3n) is 3.79. The van der Waals surface area contributed by atoms with E-state index in [1.54, 1.807) is 0 Å². The van der Waals surface area contributed by atoms with Gasteiger partial charge in [0.25, 0.3) is 0 Å². The van der Waals surface area contributed by atoms with Crippen molar-refractivity contribution in [1.82, 2.24) is 9.80 Å². The summed E-state index contributed by atoms with van der Waals surface area (Å²) in [6.07, 6.45) is 2.29. The fourth-order valence-electron chi connectivity index (χ4n) is 2.52. The molecule has 1 saturated heterocycles. The van der Waals surface area contributed by atoms with Gasteiger partial charge in [-0.3, -0.25) is 9.69 Å². The van der Waals surface area contributed by atoms with Crippen molar-refractivity contribution in [1.29, 1.82) is 0 Å². The second-order valence-corrected chi connectivity index (χ2v) is 5.39. The zero-order chi connectivity index (χ0) is 13.8. The van der Waals surface area contributed by atoms with Gasteiger partial charge in [0.2, 0.25) is 5.91 Å². The Balaban J connectivity index is 1.91. The normalized spacial score (nSPS) is 15.2. The van der Waals surface area contributed by atoms with Crippen LogP contribution in [0.25, 0.3) is 0 Å². The van der Waals surface area contributed by atoms with Crippen molar-refractivity contribution >= 4 is 11.6 Å². The lowest BCUT2D eigenvalue weighted by atomic mass is 10.1. The molecular formula is C15H23N3O. The first kappa shape index (κ1) is 13.9. The van der Waals surface area contributed by atoms with Gasteiger partial charge in [0.05, 0.1) is 6.54 Å². The molecule has 1 aromatic rings. The van der Waals surface area contributed by atoms with E-state index in [1.807, 2.05) is 31.0 Å². The number of nitrogens with two attached hydrogens (primary N) is 1. The maximum atomic E-state index is 12.1. The molecule has 0 saturated carbocycles. The number of nitrogen functional groups attached to an aromatic ring is 1. The van der Waals surface area contributed by atoms with Crippen LogP contribution in [-0.4, -0.2) is 42.4 Å². The highest BCUT2D eigenvalue weighted by atomic mass is 16.2. The average molecular weight is 261 g/mol. The van der Waals surface area contributed by atoms with E-state index < -0.39 is 0 Å². The predicted octanol–water partition coefficient (Wildman–Crippen LogP) is 1.63. The molecule has 1 heterocycles. The molecule has 0 aromatic heterocycles. The number of carbonyl (C=O) groups excluding carboxylic acids is 1. The van der Waals surface area contributed by atoms with Crippen molar-refractivity contribution in [3.05, 3.63) is 29.3 Å². The number of hydrogen-bond acceptors (Lipinski definition) is 3. The number of amides is 1. The SMILES string of the molecule is Cc1c(N)cccc1CN(C)CC(=O)N1CCCC1. The molecule has 0 bridgehead atoms. The van der Waals surface area contributed by atoms with Crippen molar-refractivity contribution in [2.24, 2.45) is 0 Å². The molecule has 2 N–H and O–H groups in total. The van der Waals surface area contributed by atoms with Crippen LogP contribution in [0.15, 0.2) is 18.2 Å². The molecule has 0 spiro atoms. The van der Waals surface area contributed by atoms with Crippen molar-refractivity contribution < 1.29 is 4.79 Å². The minimum atomic E-state index is 0.238. The summed E-state index contributed by atoms with van der Waals surface area (Å²) in [6, 6.07) is 5.95. The number of rotatable bonds is 4. The first-order valence-corrected chi connectivity index (χ1v) is 6.88. The van der Waals surface area contributed by atoms with Gasteiger partial charge in [-0.25, -0.2) is 0 Å². The molecule has 1 aromatic carbocycles. The van der Waals surface area contributed by atoms with Crippen molar-refractivity contribution in [3.8, 4) is 0 Å². The van der Waals surface area contributed by atoms with Crippen LogP contribution in [0.1, 0.15) is 24.0 Å². The van der Waals surface area contributed by atoms with Crippen LogP contribution in [0.4, 0.5) is 5.69 Å². The maximum Gasteiger partial charge on any atom is 0.236 e. The number of carbonyl (C=O) groups is 1. The summed E-state index contributed by atoms with van der Waals surface area (Å²) in [6.45, 7) is 5.11. The van der Waals surface area contributed by atoms with Crippen molar-refractivity contribution in [3.63, 3.8) is 0 Å². The van der Waals surface area contributed by atoms with Gasteiger partial charge in [-0.05, 0) is 44.0 Å². The summed E-state index contributed by atoms with van der Waals surface area (Å²) < 4.78 is 0. The Morgan fingerprint density at radius 2 is 2.05 bits per heavy atom. The van der Waals surface area contributed by atoms with E-state index in [0.717, 1.165) is 43.7 Å².